The normalized spacial score (nSPS) is 13.9. The fourth-order valence-electron chi connectivity index (χ4n) is 1.17. The lowest BCUT2D eigenvalue weighted by Gasteiger charge is -2.12. The maximum Gasteiger partial charge on any atom is 0.475 e. The van der Waals surface area contributed by atoms with Gasteiger partial charge in [0, 0.05) is 6.42 Å². The van der Waals surface area contributed by atoms with Crippen molar-refractivity contribution in [2.45, 2.75) is 44.6 Å². The molecule has 0 aromatic heterocycles. The molecule has 0 fully saturated rings. The van der Waals surface area contributed by atoms with Crippen molar-refractivity contribution >= 4 is 19.0 Å². The van der Waals surface area contributed by atoms with Crippen molar-refractivity contribution in [3.05, 3.63) is 0 Å². The molecule has 0 aliphatic rings. The Morgan fingerprint density at radius 1 is 1.35 bits per heavy atom. The minimum Gasteiger partial charge on any atom is -0.480 e. The summed E-state index contributed by atoms with van der Waals surface area (Å²) >= 11 is 0. The average molecular weight is 246 g/mol. The zero-order valence-corrected chi connectivity index (χ0v) is 9.80. The van der Waals surface area contributed by atoms with E-state index in [-0.39, 0.29) is 12.3 Å². The number of amides is 1. The zero-order valence-electron chi connectivity index (χ0n) is 9.80. The quantitative estimate of drug-likeness (QED) is 0.261. The van der Waals surface area contributed by atoms with E-state index in [1.807, 2.05) is 0 Å². The minimum absolute atomic E-state index is 0.212. The third-order valence-corrected chi connectivity index (χ3v) is 2.32. The highest BCUT2D eigenvalue weighted by Crippen LogP contribution is 2.03. The van der Waals surface area contributed by atoms with E-state index >= 15 is 0 Å². The predicted octanol–water partition coefficient (Wildman–Crippen LogP) is -1.52. The molecular formula is C9H19BN2O5. The molecule has 6 N–H and O–H groups in total. The summed E-state index contributed by atoms with van der Waals surface area (Å²) in [7, 11) is -1.58. The molecule has 0 aliphatic heterocycles. The van der Waals surface area contributed by atoms with Crippen LogP contribution in [0.15, 0.2) is 0 Å². The molecule has 0 aromatic carbocycles. The SMILES string of the molecule is CC(NC(=O)CCCCC(N)C(=O)O)B(O)O. The van der Waals surface area contributed by atoms with Gasteiger partial charge in [0.2, 0.25) is 5.91 Å². The van der Waals surface area contributed by atoms with Gasteiger partial charge in [0.05, 0.1) is 5.94 Å². The summed E-state index contributed by atoms with van der Waals surface area (Å²) in [6.45, 7) is 1.48. The standard InChI is InChI=1S/C9H19BN2O5/c1-6(10(16)17)12-8(13)5-3-2-4-7(11)9(14)15/h6-7,16-17H,2-5,11H2,1H3,(H,12,13)(H,14,15). The van der Waals surface area contributed by atoms with Crippen molar-refractivity contribution in [1.29, 1.82) is 0 Å². The first-order chi connectivity index (χ1) is 7.84. The molecule has 0 aromatic rings. The third-order valence-electron chi connectivity index (χ3n) is 2.32. The number of carboxylic acids is 1. The van der Waals surface area contributed by atoms with Crippen LogP contribution in [0.25, 0.3) is 0 Å². The van der Waals surface area contributed by atoms with Gasteiger partial charge < -0.3 is 26.2 Å². The van der Waals surface area contributed by atoms with Gasteiger partial charge >= 0.3 is 13.1 Å². The van der Waals surface area contributed by atoms with Crippen LogP contribution in [0, 0.1) is 0 Å². The molecule has 0 aliphatic carbocycles. The smallest absolute Gasteiger partial charge is 0.475 e. The van der Waals surface area contributed by atoms with Crippen LogP contribution in [-0.4, -0.2) is 46.1 Å². The van der Waals surface area contributed by atoms with Crippen LogP contribution in [0.1, 0.15) is 32.6 Å². The van der Waals surface area contributed by atoms with Crippen LogP contribution < -0.4 is 11.1 Å². The van der Waals surface area contributed by atoms with Gasteiger partial charge in [-0.3, -0.25) is 9.59 Å². The van der Waals surface area contributed by atoms with Gasteiger partial charge in [-0.2, -0.15) is 0 Å². The Bertz CT molecular complexity index is 262. The van der Waals surface area contributed by atoms with Crippen molar-refractivity contribution in [2.75, 3.05) is 0 Å². The highest BCUT2D eigenvalue weighted by atomic mass is 16.4. The van der Waals surface area contributed by atoms with Crippen molar-refractivity contribution in [3.63, 3.8) is 0 Å². The largest absolute Gasteiger partial charge is 0.480 e. The van der Waals surface area contributed by atoms with Crippen LogP contribution in [0.5, 0.6) is 0 Å². The summed E-state index contributed by atoms with van der Waals surface area (Å²) < 4.78 is 0. The first-order valence-electron chi connectivity index (χ1n) is 5.48. The second-order valence-electron chi connectivity index (χ2n) is 3.96. The molecule has 1 amide bonds. The molecule has 0 saturated heterocycles. The van der Waals surface area contributed by atoms with Crippen LogP contribution in [-0.2, 0) is 9.59 Å². The summed E-state index contributed by atoms with van der Waals surface area (Å²) in [4.78, 5) is 21.6. The van der Waals surface area contributed by atoms with Crippen LogP contribution in [0.2, 0.25) is 0 Å². The lowest BCUT2D eigenvalue weighted by atomic mass is 9.81. The molecule has 0 radical (unpaired) electrons. The van der Waals surface area contributed by atoms with E-state index in [0.717, 1.165) is 0 Å². The number of aliphatic carboxylic acids is 1. The van der Waals surface area contributed by atoms with Crippen molar-refractivity contribution in [2.24, 2.45) is 5.73 Å². The number of hydrogen-bond donors (Lipinski definition) is 5. The zero-order chi connectivity index (χ0) is 13.4. The van der Waals surface area contributed by atoms with Gasteiger partial charge in [0.25, 0.3) is 0 Å². The van der Waals surface area contributed by atoms with E-state index in [4.69, 9.17) is 20.9 Å². The fraction of sp³-hybridized carbons (Fsp3) is 0.778. The highest BCUT2D eigenvalue weighted by Gasteiger charge is 2.19. The first kappa shape index (κ1) is 15.9. The van der Waals surface area contributed by atoms with Gasteiger partial charge in [0.1, 0.15) is 6.04 Å². The summed E-state index contributed by atoms with van der Waals surface area (Å²) in [5.74, 6) is -2.07. The second kappa shape index (κ2) is 8.05. The second-order valence-corrected chi connectivity index (χ2v) is 3.96. The molecule has 98 valence electrons. The molecule has 0 spiro atoms. The first-order valence-corrected chi connectivity index (χ1v) is 5.48. The summed E-state index contributed by atoms with van der Waals surface area (Å²) in [5, 5.41) is 28.4. The van der Waals surface area contributed by atoms with Gasteiger partial charge in [-0.05, 0) is 19.8 Å². The molecule has 0 rings (SSSR count). The summed E-state index contributed by atoms with van der Waals surface area (Å²) in [5.41, 5.74) is 5.29. The van der Waals surface area contributed by atoms with Crippen molar-refractivity contribution in [1.82, 2.24) is 5.32 Å². The molecular weight excluding hydrogens is 227 g/mol. The van der Waals surface area contributed by atoms with E-state index < -0.39 is 25.1 Å². The van der Waals surface area contributed by atoms with Crippen LogP contribution in [0.3, 0.4) is 0 Å². The fourth-order valence-corrected chi connectivity index (χ4v) is 1.17. The number of carbonyl (C=O) groups excluding carboxylic acids is 1. The van der Waals surface area contributed by atoms with Gasteiger partial charge in [0.15, 0.2) is 0 Å². The number of nitrogens with two attached hydrogens (primary N) is 1. The Morgan fingerprint density at radius 3 is 2.41 bits per heavy atom. The summed E-state index contributed by atoms with van der Waals surface area (Å²) in [6, 6.07) is -0.892. The molecule has 8 heteroatoms. The average Bonchev–Trinajstić information content (AvgIpc) is 2.23. The van der Waals surface area contributed by atoms with Gasteiger partial charge in [-0.15, -0.1) is 0 Å². The van der Waals surface area contributed by atoms with Gasteiger partial charge in [-0.25, -0.2) is 0 Å². The lowest BCUT2D eigenvalue weighted by molar-refractivity contribution is -0.138. The molecule has 17 heavy (non-hydrogen) atoms. The van der Waals surface area contributed by atoms with Gasteiger partial charge in [-0.1, -0.05) is 6.42 Å². The molecule has 0 saturated carbocycles. The number of hydrogen-bond acceptors (Lipinski definition) is 5. The maximum absolute atomic E-state index is 11.3. The lowest BCUT2D eigenvalue weighted by Crippen LogP contribution is -2.44. The number of carbonyl (C=O) groups is 2. The Morgan fingerprint density at radius 2 is 1.94 bits per heavy atom. The molecule has 2 unspecified atom stereocenters. The summed E-state index contributed by atoms with van der Waals surface area (Å²) in [6.07, 6.45) is 1.59. The number of carboxylic acid groups (broad SMARTS) is 1. The minimum atomic E-state index is -1.58. The Balaban J connectivity index is 3.62. The van der Waals surface area contributed by atoms with Crippen LogP contribution >= 0.6 is 0 Å². The van der Waals surface area contributed by atoms with E-state index in [2.05, 4.69) is 5.32 Å². The third kappa shape index (κ3) is 7.73. The Kier molecular flexibility index (Phi) is 7.52. The Hall–Kier alpha value is -1.12. The molecule has 7 nitrogen and oxygen atoms in total. The molecule has 0 heterocycles. The Labute approximate surface area is 100 Å². The number of nitrogens with one attached hydrogen (secondary N) is 1. The van der Waals surface area contributed by atoms with E-state index in [1.165, 1.54) is 6.92 Å². The molecule has 2 atom stereocenters. The molecule has 0 bridgehead atoms. The van der Waals surface area contributed by atoms with E-state index in [0.29, 0.717) is 19.3 Å². The number of unbranched alkanes of at least 4 members (excludes halogenated alkanes) is 1. The van der Waals surface area contributed by atoms with Crippen LogP contribution in [0.4, 0.5) is 0 Å². The van der Waals surface area contributed by atoms with Crippen molar-refractivity contribution in [3.8, 4) is 0 Å². The predicted molar refractivity (Wildman–Crippen MR) is 61.9 cm³/mol. The van der Waals surface area contributed by atoms with Crippen molar-refractivity contribution < 1.29 is 24.7 Å². The van der Waals surface area contributed by atoms with E-state index in [9.17, 15) is 9.59 Å². The van der Waals surface area contributed by atoms with E-state index in [1.54, 1.807) is 0 Å². The maximum atomic E-state index is 11.3. The number of rotatable bonds is 8. The topological polar surface area (TPSA) is 133 Å². The monoisotopic (exact) mass is 246 g/mol. The highest BCUT2D eigenvalue weighted by molar-refractivity contribution is 6.43.